The third kappa shape index (κ3) is 4.98. The van der Waals surface area contributed by atoms with Crippen LogP contribution in [0.3, 0.4) is 0 Å². The Morgan fingerprint density at radius 2 is 1.96 bits per heavy atom. The largest absolute Gasteiger partial charge is 0.350 e. The van der Waals surface area contributed by atoms with Gasteiger partial charge in [0.15, 0.2) is 0 Å². The molecule has 8 nitrogen and oxygen atoms in total. The summed E-state index contributed by atoms with van der Waals surface area (Å²) in [6, 6.07) is 8.11. The van der Waals surface area contributed by atoms with E-state index in [1.54, 1.807) is 18.2 Å². The summed E-state index contributed by atoms with van der Waals surface area (Å²) in [6.07, 6.45) is 1.53. The first-order valence-electron chi connectivity index (χ1n) is 6.74. The van der Waals surface area contributed by atoms with Gasteiger partial charge in [0.2, 0.25) is 10.0 Å². The summed E-state index contributed by atoms with van der Waals surface area (Å²) in [5.74, 6) is 0.237. The topological polar surface area (TPSA) is 132 Å². The molecule has 1 atom stereocenters. The Morgan fingerprint density at radius 1 is 1.28 bits per heavy atom. The number of nitro groups is 1. The second kappa shape index (κ2) is 7.48. The first-order valence-corrected chi connectivity index (χ1v) is 10.4. The zero-order chi connectivity index (χ0) is 18.8. The Balaban J connectivity index is 2.43. The normalized spacial score (nSPS) is 12.6. The summed E-state index contributed by atoms with van der Waals surface area (Å²) in [5, 5.41) is 19.5. The smallest absolute Gasteiger partial charge is 0.294 e. The van der Waals surface area contributed by atoms with Gasteiger partial charge in [0, 0.05) is 39.6 Å². The molecule has 0 radical (unpaired) electrons. The van der Waals surface area contributed by atoms with Gasteiger partial charge < -0.3 is 5.32 Å². The van der Waals surface area contributed by atoms with Crippen molar-refractivity contribution in [3.63, 3.8) is 0 Å². The molecule has 0 aliphatic heterocycles. The number of hydrogen-bond donors (Lipinski definition) is 2. The average Bonchev–Trinajstić information content (AvgIpc) is 2.49. The number of nitrogens with zero attached hydrogens (tertiary/aromatic N) is 1. The van der Waals surface area contributed by atoms with Gasteiger partial charge in [-0.2, -0.15) is 0 Å². The molecule has 0 aromatic heterocycles. The Bertz CT molecular complexity index is 963. The molecule has 2 aromatic rings. The Hall–Kier alpha value is -2.01. The molecule has 2 rings (SSSR count). The van der Waals surface area contributed by atoms with Crippen molar-refractivity contribution in [2.24, 2.45) is 5.14 Å². The van der Waals surface area contributed by atoms with Gasteiger partial charge in [0.05, 0.1) is 9.82 Å². The van der Waals surface area contributed by atoms with Crippen LogP contribution in [0.2, 0.25) is 5.02 Å². The van der Waals surface area contributed by atoms with Crippen molar-refractivity contribution in [1.82, 2.24) is 0 Å². The molecule has 3 N–H and O–H groups in total. The van der Waals surface area contributed by atoms with Crippen LogP contribution in [0.5, 0.6) is 0 Å². The van der Waals surface area contributed by atoms with Crippen molar-refractivity contribution in [2.75, 3.05) is 11.6 Å². The first-order chi connectivity index (χ1) is 11.6. The molecule has 0 heterocycles. The summed E-state index contributed by atoms with van der Waals surface area (Å²) in [4.78, 5) is 10.2. The second-order valence-corrected chi connectivity index (χ2v) is 8.53. The minimum Gasteiger partial charge on any atom is -0.350 e. The molecule has 0 amide bonds. The van der Waals surface area contributed by atoms with Crippen LogP contribution in [-0.2, 0) is 26.6 Å². The van der Waals surface area contributed by atoms with Gasteiger partial charge in [-0.25, -0.2) is 13.6 Å². The lowest BCUT2D eigenvalue weighted by atomic mass is 10.2. The van der Waals surface area contributed by atoms with E-state index in [0.717, 1.165) is 6.07 Å². The van der Waals surface area contributed by atoms with Gasteiger partial charge in [-0.1, -0.05) is 11.6 Å². The predicted octanol–water partition coefficient (Wildman–Crippen LogP) is 2.52. The highest BCUT2D eigenvalue weighted by Crippen LogP contribution is 2.31. The van der Waals surface area contributed by atoms with Gasteiger partial charge in [-0.3, -0.25) is 14.3 Å². The minimum atomic E-state index is -4.06. The molecule has 0 saturated carbocycles. The molecule has 0 aliphatic rings. The standard InChI is InChI=1S/C14H14ClN3O5S2/c1-24(21)8-9-6-10(2-4-12(9)15)17-13-5-3-11(25(16,22)23)7-14(13)18(19)20/h2-7,17H,8H2,1H3,(H2,16,22,23). The number of primary sulfonamides is 1. The number of rotatable bonds is 6. The zero-order valence-corrected chi connectivity index (χ0v) is 15.3. The van der Waals surface area contributed by atoms with Crippen LogP contribution in [0, 0.1) is 10.1 Å². The SMILES string of the molecule is CS(=O)Cc1cc(Nc2ccc(S(N)(=O)=O)cc2[N+](=O)[O-])ccc1Cl. The molecule has 11 heteroatoms. The fourth-order valence-corrected chi connectivity index (χ4v) is 3.56. The number of anilines is 2. The number of sulfonamides is 1. The van der Waals surface area contributed by atoms with Gasteiger partial charge in [-0.05, 0) is 35.9 Å². The maximum atomic E-state index is 11.4. The molecule has 0 saturated heterocycles. The predicted molar refractivity (Wildman–Crippen MR) is 97.0 cm³/mol. The van der Waals surface area contributed by atoms with Gasteiger partial charge in [0.25, 0.3) is 5.69 Å². The lowest BCUT2D eigenvalue weighted by Gasteiger charge is -2.10. The zero-order valence-electron chi connectivity index (χ0n) is 12.9. The van der Waals surface area contributed by atoms with E-state index < -0.39 is 31.4 Å². The van der Waals surface area contributed by atoms with Gasteiger partial charge in [-0.15, -0.1) is 0 Å². The van der Waals surface area contributed by atoms with Crippen LogP contribution in [0.1, 0.15) is 5.56 Å². The number of nitro benzene ring substituents is 1. The lowest BCUT2D eigenvalue weighted by molar-refractivity contribution is -0.384. The lowest BCUT2D eigenvalue weighted by Crippen LogP contribution is -2.12. The average molecular weight is 404 g/mol. The highest BCUT2D eigenvalue weighted by atomic mass is 35.5. The molecule has 134 valence electrons. The highest BCUT2D eigenvalue weighted by Gasteiger charge is 2.19. The monoisotopic (exact) mass is 403 g/mol. The quantitative estimate of drug-likeness (QED) is 0.562. The van der Waals surface area contributed by atoms with Crippen molar-refractivity contribution in [3.8, 4) is 0 Å². The molecule has 2 aromatic carbocycles. The molecule has 25 heavy (non-hydrogen) atoms. The second-order valence-electron chi connectivity index (χ2n) is 5.13. The number of nitrogens with two attached hydrogens (primary N) is 1. The summed E-state index contributed by atoms with van der Waals surface area (Å²) >= 11 is 6.04. The van der Waals surface area contributed by atoms with Crippen LogP contribution in [-0.4, -0.2) is 23.8 Å². The van der Waals surface area contributed by atoms with E-state index >= 15 is 0 Å². The fraction of sp³-hybridized carbons (Fsp3) is 0.143. The Labute approximate surface area is 151 Å². The molecule has 1 unspecified atom stereocenters. The molecule has 0 fully saturated rings. The van der Waals surface area contributed by atoms with E-state index in [0.29, 0.717) is 16.3 Å². The summed E-state index contributed by atoms with van der Waals surface area (Å²) < 4.78 is 34.1. The number of halogens is 1. The number of nitrogens with one attached hydrogen (secondary N) is 1. The van der Waals surface area contributed by atoms with Crippen molar-refractivity contribution >= 4 is 49.5 Å². The molecule has 0 bridgehead atoms. The van der Waals surface area contributed by atoms with Crippen molar-refractivity contribution in [3.05, 3.63) is 57.1 Å². The van der Waals surface area contributed by atoms with Crippen LogP contribution in [0.15, 0.2) is 41.3 Å². The van der Waals surface area contributed by atoms with Gasteiger partial charge >= 0.3 is 0 Å². The molecule has 0 aliphatic carbocycles. The van der Waals surface area contributed by atoms with Crippen LogP contribution in [0.25, 0.3) is 0 Å². The maximum absolute atomic E-state index is 11.4. The first kappa shape index (κ1) is 19.3. The maximum Gasteiger partial charge on any atom is 0.294 e. The van der Waals surface area contributed by atoms with Crippen LogP contribution in [0.4, 0.5) is 17.1 Å². The third-order valence-corrected chi connectivity index (χ3v) is 5.18. The van der Waals surface area contributed by atoms with E-state index in [4.69, 9.17) is 16.7 Å². The molecular formula is C14H14ClN3O5S2. The summed E-state index contributed by atoms with van der Waals surface area (Å²) in [5.41, 5.74) is 0.748. The van der Waals surface area contributed by atoms with Gasteiger partial charge in [0.1, 0.15) is 5.69 Å². The summed E-state index contributed by atoms with van der Waals surface area (Å²) in [7, 11) is -5.17. The van der Waals surface area contributed by atoms with Crippen molar-refractivity contribution < 1.29 is 17.6 Å². The molecule has 0 spiro atoms. The highest BCUT2D eigenvalue weighted by molar-refractivity contribution is 7.89. The minimum absolute atomic E-state index is 0.0864. The van der Waals surface area contributed by atoms with Crippen molar-refractivity contribution in [1.29, 1.82) is 0 Å². The fourth-order valence-electron chi connectivity index (χ4n) is 2.08. The van der Waals surface area contributed by atoms with Crippen molar-refractivity contribution in [2.45, 2.75) is 10.6 Å². The van der Waals surface area contributed by atoms with E-state index in [9.17, 15) is 22.7 Å². The molecular weight excluding hydrogens is 390 g/mol. The number of hydrogen-bond acceptors (Lipinski definition) is 6. The van der Waals surface area contributed by atoms with E-state index in [1.165, 1.54) is 18.4 Å². The van der Waals surface area contributed by atoms with Crippen LogP contribution < -0.4 is 10.5 Å². The van der Waals surface area contributed by atoms with E-state index in [-0.39, 0.29) is 16.3 Å². The van der Waals surface area contributed by atoms with E-state index in [2.05, 4.69) is 5.32 Å². The Morgan fingerprint density at radius 3 is 2.52 bits per heavy atom. The Kier molecular flexibility index (Phi) is 5.78. The summed E-state index contributed by atoms with van der Waals surface area (Å²) in [6.45, 7) is 0. The third-order valence-electron chi connectivity index (χ3n) is 3.18. The van der Waals surface area contributed by atoms with Crippen LogP contribution >= 0.6 is 11.6 Å². The van der Waals surface area contributed by atoms with E-state index in [1.807, 2.05) is 0 Å². The number of benzene rings is 2.